The second-order valence-corrected chi connectivity index (χ2v) is 10.8. The molecule has 0 bridgehead atoms. The number of anilines is 1. The number of rotatable bonds is 7. The molecule has 0 saturated carbocycles. The fourth-order valence-electron chi connectivity index (χ4n) is 6.13. The molecule has 41 heavy (non-hydrogen) atoms. The molecule has 3 aromatic heterocycles. The highest BCUT2D eigenvalue weighted by Gasteiger charge is 2.54. The summed E-state index contributed by atoms with van der Waals surface area (Å²) in [7, 11) is 0. The lowest BCUT2D eigenvalue weighted by atomic mass is 9.86. The predicted octanol–water partition coefficient (Wildman–Crippen LogP) is 7.20. The van der Waals surface area contributed by atoms with E-state index in [4.69, 9.17) is 0 Å². The molecule has 8 heteroatoms. The average Bonchev–Trinajstić information content (AvgIpc) is 3.48. The van der Waals surface area contributed by atoms with Gasteiger partial charge in [0.2, 0.25) is 0 Å². The molecule has 0 N–H and O–H groups in total. The summed E-state index contributed by atoms with van der Waals surface area (Å²) in [6.45, 7) is 4.75. The molecule has 6 rings (SSSR count). The quantitative estimate of drug-likeness (QED) is 0.230. The number of pyridine rings is 2. The molecule has 2 aliphatic rings. The Kier molecular flexibility index (Phi) is 6.77. The Morgan fingerprint density at radius 3 is 2.07 bits per heavy atom. The lowest BCUT2D eigenvalue weighted by Crippen LogP contribution is -2.51. The minimum Gasteiger partial charge on any atom is -0.394 e. The minimum absolute atomic E-state index is 0.495. The van der Waals surface area contributed by atoms with Gasteiger partial charge in [0, 0.05) is 47.1 Å². The zero-order chi connectivity index (χ0) is 28.7. The molecular weight excluding hydrogens is 515 g/mol. The number of allylic oxidation sites excluding steroid dienone is 4. The van der Waals surface area contributed by atoms with Crippen LogP contribution in [0, 0.1) is 13.8 Å². The van der Waals surface area contributed by atoms with Crippen LogP contribution in [0.25, 0.3) is 11.6 Å². The second kappa shape index (κ2) is 10.4. The Hall–Kier alpha value is -4.59. The van der Waals surface area contributed by atoms with Crippen molar-refractivity contribution in [1.82, 2.24) is 14.4 Å². The summed E-state index contributed by atoms with van der Waals surface area (Å²) < 4.78 is 34.6. The van der Waals surface area contributed by atoms with Crippen LogP contribution in [0.15, 0.2) is 103 Å². The molecule has 206 valence electrons. The molecular formula is C33H32BF2N5. The molecule has 0 saturated heterocycles. The van der Waals surface area contributed by atoms with Crippen LogP contribution >= 0.6 is 0 Å². The highest BCUT2D eigenvalue weighted by molar-refractivity contribution is 6.58. The topological polar surface area (TPSA) is 37.0 Å². The Bertz CT molecular complexity index is 1690. The molecule has 0 radical (unpaired) electrons. The van der Waals surface area contributed by atoms with E-state index in [9.17, 15) is 0 Å². The predicted molar refractivity (Wildman–Crippen MR) is 163 cm³/mol. The summed E-state index contributed by atoms with van der Waals surface area (Å²) >= 11 is 0. The van der Waals surface area contributed by atoms with E-state index in [1.54, 1.807) is 25.4 Å². The molecule has 0 amide bonds. The first-order valence-electron chi connectivity index (χ1n) is 13.8. The first-order chi connectivity index (χ1) is 19.7. The number of fused-ring (bicyclic) bond motifs is 2. The van der Waals surface area contributed by atoms with Gasteiger partial charge in [0.1, 0.15) is 0 Å². The van der Waals surface area contributed by atoms with Gasteiger partial charge in [-0.05, 0) is 93.1 Å². The standard InChI is InChI=1S/C33H32BF2N5/c1-23-19-25(3)40-32(23)26(4)33-24(2)20-31(41(33)34(40,35)36)16-13-27-11-14-30(15-12-27)39(21-28-9-5-7-17-37-28)22-29-10-6-8-18-38-29/h5-20H,21-22H2,1-4H3/b16-13+. The highest BCUT2D eigenvalue weighted by atomic mass is 19.2. The number of hydrogen-bond donors (Lipinski definition) is 0. The lowest BCUT2D eigenvalue weighted by molar-refractivity contribution is -0.362. The number of aromatic nitrogens is 3. The van der Waals surface area contributed by atoms with Crippen LogP contribution in [0.2, 0.25) is 0 Å². The van der Waals surface area contributed by atoms with Gasteiger partial charge in [-0.15, -0.1) is 0 Å². The van der Waals surface area contributed by atoms with E-state index >= 15 is 8.63 Å². The van der Waals surface area contributed by atoms with Crippen molar-refractivity contribution in [3.8, 4) is 0 Å². The van der Waals surface area contributed by atoms with Gasteiger partial charge in [-0.3, -0.25) is 9.97 Å². The molecule has 1 aromatic carbocycles. The Morgan fingerprint density at radius 1 is 0.854 bits per heavy atom. The van der Waals surface area contributed by atoms with Crippen molar-refractivity contribution in [1.29, 1.82) is 0 Å². The van der Waals surface area contributed by atoms with Crippen LogP contribution in [0.3, 0.4) is 0 Å². The van der Waals surface area contributed by atoms with Crippen LogP contribution in [0.4, 0.5) is 14.3 Å². The molecule has 5 nitrogen and oxygen atoms in total. The maximum Gasteiger partial charge on any atom is 0.737 e. The van der Waals surface area contributed by atoms with E-state index in [0.29, 0.717) is 35.9 Å². The van der Waals surface area contributed by atoms with Crippen molar-refractivity contribution < 1.29 is 13.1 Å². The normalized spacial score (nSPS) is 15.8. The maximum atomic E-state index is 16.1. The van der Waals surface area contributed by atoms with Gasteiger partial charge in [-0.1, -0.05) is 24.3 Å². The number of aryl methyl sites for hydroxylation is 2. The van der Waals surface area contributed by atoms with E-state index in [0.717, 1.165) is 39.3 Å². The number of nitrogens with zero attached hydrogens (tertiary/aromatic N) is 5. The number of halogens is 2. The maximum absolute atomic E-state index is 16.1. The van der Waals surface area contributed by atoms with Gasteiger partial charge < -0.3 is 22.5 Å². The SMILES string of the molecule is CC1=CC(/C=C/c2ccc(N(Cc3ccccn3)Cc3ccccn3)cc2)=[N+]2C1=C(C)c1c(C)cc(C)n1[B-]2(F)F. The fraction of sp³-hybridized carbons (Fsp3) is 0.182. The van der Waals surface area contributed by atoms with Crippen molar-refractivity contribution in [3.05, 3.63) is 136 Å². The van der Waals surface area contributed by atoms with Gasteiger partial charge in [-0.25, -0.2) is 0 Å². The van der Waals surface area contributed by atoms with Gasteiger partial charge in [0.25, 0.3) is 0 Å². The number of hydrogen-bond acceptors (Lipinski definition) is 3. The summed E-state index contributed by atoms with van der Waals surface area (Å²) in [6, 6.07) is 21.8. The van der Waals surface area contributed by atoms with Crippen LogP contribution in [0.1, 0.15) is 47.8 Å². The third-order valence-corrected chi connectivity index (χ3v) is 7.87. The molecule has 0 aliphatic carbocycles. The summed E-state index contributed by atoms with van der Waals surface area (Å²) in [5, 5.41) is 0. The van der Waals surface area contributed by atoms with Crippen molar-refractivity contribution in [2.75, 3.05) is 4.90 Å². The van der Waals surface area contributed by atoms with Crippen molar-refractivity contribution >= 4 is 30.0 Å². The first kappa shape index (κ1) is 26.6. The van der Waals surface area contributed by atoms with Gasteiger partial charge >= 0.3 is 6.97 Å². The third kappa shape index (κ3) is 4.84. The first-order valence-corrected chi connectivity index (χ1v) is 13.8. The zero-order valence-electron chi connectivity index (χ0n) is 23.7. The number of benzene rings is 1. The van der Waals surface area contributed by atoms with E-state index in [2.05, 4.69) is 27.0 Å². The Labute approximate surface area is 239 Å². The van der Waals surface area contributed by atoms with Gasteiger partial charge in [-0.2, -0.15) is 0 Å². The van der Waals surface area contributed by atoms with Crippen LogP contribution in [-0.2, 0) is 13.1 Å². The van der Waals surface area contributed by atoms with Gasteiger partial charge in [0.15, 0.2) is 11.4 Å². The molecule has 5 heterocycles. The summed E-state index contributed by atoms with van der Waals surface area (Å²) in [5.74, 6) is 0. The Balaban J connectivity index is 1.30. The molecule has 0 spiro atoms. The van der Waals surface area contributed by atoms with Crippen LogP contribution in [-0.4, -0.2) is 31.6 Å². The fourth-order valence-corrected chi connectivity index (χ4v) is 6.13. The molecule has 0 unspecified atom stereocenters. The molecule has 0 fully saturated rings. The van der Waals surface area contributed by atoms with Crippen LogP contribution in [0.5, 0.6) is 0 Å². The largest absolute Gasteiger partial charge is 0.737 e. The summed E-state index contributed by atoms with van der Waals surface area (Å²) in [6.07, 6.45) is 9.16. The lowest BCUT2D eigenvalue weighted by Gasteiger charge is -2.33. The van der Waals surface area contributed by atoms with Crippen molar-refractivity contribution in [3.63, 3.8) is 0 Å². The summed E-state index contributed by atoms with van der Waals surface area (Å²) in [5.41, 5.74) is 8.81. The zero-order valence-corrected chi connectivity index (χ0v) is 23.7. The summed E-state index contributed by atoms with van der Waals surface area (Å²) in [4.78, 5) is 11.2. The minimum atomic E-state index is -4.02. The monoisotopic (exact) mass is 547 g/mol. The second-order valence-electron chi connectivity index (χ2n) is 10.8. The Morgan fingerprint density at radius 2 is 1.49 bits per heavy atom. The van der Waals surface area contributed by atoms with Crippen molar-refractivity contribution in [2.45, 2.75) is 40.8 Å². The van der Waals surface area contributed by atoms with E-state index in [1.165, 1.54) is 8.96 Å². The molecule has 2 aliphatic heterocycles. The third-order valence-electron chi connectivity index (χ3n) is 7.87. The van der Waals surface area contributed by atoms with E-state index in [1.807, 2.05) is 87.5 Å². The smallest absolute Gasteiger partial charge is 0.394 e. The van der Waals surface area contributed by atoms with Crippen LogP contribution < -0.4 is 4.90 Å². The van der Waals surface area contributed by atoms with Gasteiger partial charge in [0.05, 0.1) is 24.5 Å². The highest BCUT2D eigenvalue weighted by Crippen LogP contribution is 2.41. The van der Waals surface area contributed by atoms with Crippen molar-refractivity contribution in [2.24, 2.45) is 0 Å². The van der Waals surface area contributed by atoms with E-state index < -0.39 is 6.97 Å². The molecule has 4 aromatic rings. The molecule has 0 atom stereocenters. The average molecular weight is 547 g/mol. The van der Waals surface area contributed by atoms with E-state index in [-0.39, 0.29) is 0 Å².